The number of hydrogen-bond acceptors (Lipinski definition) is 3. The van der Waals surface area contributed by atoms with E-state index in [-0.39, 0.29) is 11.8 Å². The second kappa shape index (κ2) is 4.42. The SMILES string of the molecule is Nc1c(C(=O)[C@@H]2CCCN2)ccc2ccccc12. The van der Waals surface area contributed by atoms with Crippen LogP contribution in [-0.2, 0) is 0 Å². The van der Waals surface area contributed by atoms with Crippen LogP contribution in [0.4, 0.5) is 5.69 Å². The van der Waals surface area contributed by atoms with Gasteiger partial charge in [-0.3, -0.25) is 4.79 Å². The lowest BCUT2D eigenvalue weighted by atomic mass is 9.97. The number of ketones is 1. The van der Waals surface area contributed by atoms with Gasteiger partial charge in [-0.05, 0) is 30.8 Å². The molecular weight excluding hydrogens is 224 g/mol. The zero-order valence-electron chi connectivity index (χ0n) is 10.1. The van der Waals surface area contributed by atoms with Crippen LogP contribution < -0.4 is 11.1 Å². The Morgan fingerprint density at radius 1 is 1.22 bits per heavy atom. The zero-order valence-corrected chi connectivity index (χ0v) is 10.1. The Morgan fingerprint density at radius 2 is 2.06 bits per heavy atom. The summed E-state index contributed by atoms with van der Waals surface area (Å²) in [7, 11) is 0. The summed E-state index contributed by atoms with van der Waals surface area (Å²) in [4.78, 5) is 12.4. The third-order valence-corrected chi connectivity index (χ3v) is 3.61. The fourth-order valence-corrected chi connectivity index (χ4v) is 2.61. The molecule has 0 bridgehead atoms. The van der Waals surface area contributed by atoms with Crippen molar-refractivity contribution in [2.75, 3.05) is 12.3 Å². The number of nitrogen functional groups attached to an aromatic ring is 1. The van der Waals surface area contributed by atoms with E-state index >= 15 is 0 Å². The van der Waals surface area contributed by atoms with Crippen LogP contribution in [0.1, 0.15) is 23.2 Å². The van der Waals surface area contributed by atoms with Gasteiger partial charge < -0.3 is 11.1 Å². The number of rotatable bonds is 2. The van der Waals surface area contributed by atoms with Crippen molar-refractivity contribution in [1.82, 2.24) is 5.32 Å². The van der Waals surface area contributed by atoms with Gasteiger partial charge in [0.25, 0.3) is 0 Å². The highest BCUT2D eigenvalue weighted by Crippen LogP contribution is 2.26. The molecule has 3 nitrogen and oxygen atoms in total. The molecule has 2 aromatic carbocycles. The van der Waals surface area contributed by atoms with Gasteiger partial charge in [-0.1, -0.05) is 30.3 Å². The standard InChI is InChI=1S/C15H16N2O/c16-14-11-5-2-1-4-10(11)7-8-12(14)15(18)13-6-3-9-17-13/h1-2,4-5,7-8,13,17H,3,6,9,16H2/t13-/m0/s1. The third-order valence-electron chi connectivity index (χ3n) is 3.61. The van der Waals surface area contributed by atoms with E-state index < -0.39 is 0 Å². The molecule has 0 saturated carbocycles. The summed E-state index contributed by atoms with van der Waals surface area (Å²) in [5, 5.41) is 5.26. The Hall–Kier alpha value is -1.87. The highest BCUT2D eigenvalue weighted by Gasteiger charge is 2.24. The molecule has 18 heavy (non-hydrogen) atoms. The van der Waals surface area contributed by atoms with Crippen LogP contribution in [0.15, 0.2) is 36.4 Å². The predicted octanol–water partition coefficient (Wildman–Crippen LogP) is 2.36. The summed E-state index contributed by atoms with van der Waals surface area (Å²) in [6.45, 7) is 0.921. The summed E-state index contributed by atoms with van der Waals surface area (Å²) >= 11 is 0. The summed E-state index contributed by atoms with van der Waals surface area (Å²) in [6, 6.07) is 11.6. The molecule has 3 N–H and O–H groups in total. The van der Waals surface area contributed by atoms with Crippen molar-refractivity contribution in [2.24, 2.45) is 0 Å². The van der Waals surface area contributed by atoms with Crippen LogP contribution in [0.2, 0.25) is 0 Å². The second-order valence-corrected chi connectivity index (χ2v) is 4.76. The summed E-state index contributed by atoms with van der Waals surface area (Å²) in [6.07, 6.45) is 1.97. The van der Waals surface area contributed by atoms with Crippen LogP contribution in [0.5, 0.6) is 0 Å². The molecule has 3 heteroatoms. The maximum atomic E-state index is 12.4. The summed E-state index contributed by atoms with van der Waals surface area (Å²) in [5.41, 5.74) is 7.39. The quantitative estimate of drug-likeness (QED) is 0.626. The number of hydrogen-bond donors (Lipinski definition) is 2. The lowest BCUT2D eigenvalue weighted by molar-refractivity contribution is 0.0953. The normalized spacial score (nSPS) is 19.2. The Balaban J connectivity index is 2.06. The second-order valence-electron chi connectivity index (χ2n) is 4.76. The van der Waals surface area contributed by atoms with Crippen molar-refractivity contribution in [3.63, 3.8) is 0 Å². The lowest BCUT2D eigenvalue weighted by Gasteiger charge is -2.12. The summed E-state index contributed by atoms with van der Waals surface area (Å²) < 4.78 is 0. The van der Waals surface area contributed by atoms with Gasteiger partial charge >= 0.3 is 0 Å². The Kier molecular flexibility index (Phi) is 2.76. The van der Waals surface area contributed by atoms with Gasteiger partial charge in [-0.15, -0.1) is 0 Å². The van der Waals surface area contributed by atoms with Crippen molar-refractivity contribution in [2.45, 2.75) is 18.9 Å². The average molecular weight is 240 g/mol. The molecule has 1 aliphatic rings. The van der Waals surface area contributed by atoms with Gasteiger partial charge in [0.15, 0.2) is 5.78 Å². The number of Topliss-reactive ketones (excluding diaryl/α,β-unsaturated/α-hetero) is 1. The molecule has 0 aromatic heterocycles. The minimum atomic E-state index is -0.0616. The molecule has 2 aromatic rings. The van der Waals surface area contributed by atoms with Crippen molar-refractivity contribution in [1.29, 1.82) is 0 Å². The van der Waals surface area contributed by atoms with Crippen LogP contribution in [0.25, 0.3) is 10.8 Å². The molecule has 0 aliphatic carbocycles. The van der Waals surface area contributed by atoms with Crippen molar-refractivity contribution >= 4 is 22.2 Å². The number of carbonyl (C=O) groups excluding carboxylic acids is 1. The maximum Gasteiger partial charge on any atom is 0.181 e. The Morgan fingerprint density at radius 3 is 2.83 bits per heavy atom. The molecule has 1 saturated heterocycles. The fraction of sp³-hybridized carbons (Fsp3) is 0.267. The van der Waals surface area contributed by atoms with E-state index in [9.17, 15) is 4.79 Å². The molecule has 0 radical (unpaired) electrons. The van der Waals surface area contributed by atoms with E-state index in [2.05, 4.69) is 5.32 Å². The molecule has 1 heterocycles. The predicted molar refractivity (Wildman–Crippen MR) is 73.7 cm³/mol. The van der Waals surface area contributed by atoms with E-state index in [0.29, 0.717) is 11.3 Å². The molecule has 0 amide bonds. The first-order valence-electron chi connectivity index (χ1n) is 6.32. The summed E-state index contributed by atoms with van der Waals surface area (Å²) in [5.74, 6) is 0.121. The Bertz CT molecular complexity index is 600. The minimum Gasteiger partial charge on any atom is -0.398 e. The Labute approximate surface area is 106 Å². The van der Waals surface area contributed by atoms with E-state index in [4.69, 9.17) is 5.73 Å². The first kappa shape index (κ1) is 11.2. The minimum absolute atomic E-state index is 0.0616. The lowest BCUT2D eigenvalue weighted by Crippen LogP contribution is -2.31. The monoisotopic (exact) mass is 240 g/mol. The number of carbonyl (C=O) groups is 1. The number of nitrogens with one attached hydrogen (secondary N) is 1. The molecule has 3 rings (SSSR count). The highest BCUT2D eigenvalue weighted by atomic mass is 16.1. The molecule has 0 spiro atoms. The zero-order chi connectivity index (χ0) is 12.5. The van der Waals surface area contributed by atoms with Gasteiger partial charge in [-0.2, -0.15) is 0 Å². The van der Waals surface area contributed by atoms with E-state index in [1.807, 2.05) is 36.4 Å². The molecule has 0 unspecified atom stereocenters. The van der Waals surface area contributed by atoms with Crippen molar-refractivity contribution < 1.29 is 4.79 Å². The van der Waals surface area contributed by atoms with Crippen LogP contribution in [0, 0.1) is 0 Å². The smallest absolute Gasteiger partial charge is 0.181 e. The molecule has 92 valence electrons. The first-order chi connectivity index (χ1) is 8.77. The maximum absolute atomic E-state index is 12.4. The van der Waals surface area contributed by atoms with Crippen LogP contribution in [0.3, 0.4) is 0 Å². The molecule has 1 fully saturated rings. The molecule has 1 aliphatic heterocycles. The number of benzene rings is 2. The van der Waals surface area contributed by atoms with Crippen molar-refractivity contribution in [3.05, 3.63) is 42.0 Å². The van der Waals surface area contributed by atoms with Crippen LogP contribution >= 0.6 is 0 Å². The number of nitrogens with two attached hydrogens (primary N) is 1. The molecular formula is C15H16N2O. The number of fused-ring (bicyclic) bond motifs is 1. The number of anilines is 1. The average Bonchev–Trinajstić information content (AvgIpc) is 2.93. The van der Waals surface area contributed by atoms with Gasteiger partial charge in [0.05, 0.1) is 11.7 Å². The topological polar surface area (TPSA) is 55.1 Å². The van der Waals surface area contributed by atoms with E-state index in [1.54, 1.807) is 0 Å². The molecule has 1 atom stereocenters. The van der Waals surface area contributed by atoms with Crippen LogP contribution in [-0.4, -0.2) is 18.4 Å². The van der Waals surface area contributed by atoms with Gasteiger partial charge in [0, 0.05) is 10.9 Å². The van der Waals surface area contributed by atoms with Gasteiger partial charge in [-0.25, -0.2) is 0 Å². The van der Waals surface area contributed by atoms with Crippen molar-refractivity contribution in [3.8, 4) is 0 Å². The third kappa shape index (κ3) is 1.77. The van der Waals surface area contributed by atoms with Gasteiger partial charge in [0.1, 0.15) is 0 Å². The van der Waals surface area contributed by atoms with E-state index in [1.165, 1.54) is 0 Å². The highest BCUT2D eigenvalue weighted by molar-refractivity contribution is 6.10. The first-order valence-corrected chi connectivity index (χ1v) is 6.32. The van der Waals surface area contributed by atoms with Gasteiger partial charge in [0.2, 0.25) is 0 Å². The fourth-order valence-electron chi connectivity index (χ4n) is 2.61. The largest absolute Gasteiger partial charge is 0.398 e. The van der Waals surface area contributed by atoms with E-state index in [0.717, 1.165) is 30.2 Å².